The van der Waals surface area contributed by atoms with Crippen molar-refractivity contribution < 1.29 is 19.8 Å². The van der Waals surface area contributed by atoms with E-state index >= 15 is 0 Å². The summed E-state index contributed by atoms with van der Waals surface area (Å²) in [6.45, 7) is 2.16. The summed E-state index contributed by atoms with van der Waals surface area (Å²) in [6.07, 6.45) is 23.4. The van der Waals surface area contributed by atoms with Crippen LogP contribution in [0.4, 0.5) is 0 Å². The Morgan fingerprint density at radius 1 is 1.07 bits per heavy atom. The topological polar surface area (TPSA) is 74.6 Å². The lowest BCUT2D eigenvalue weighted by Crippen LogP contribution is -2.14. The number of carbonyl (C=O) groups excluding carboxylic acids is 1. The molecule has 0 spiro atoms. The molecule has 2 N–H and O–H groups in total. The SMILES string of the molecule is CCCCC[C@H](O)/C=C/[C@H]1CCC(=O)[C@@H]1CCC/C=C/CC/C=C/CCC(=O)O. The van der Waals surface area contributed by atoms with Crippen LogP contribution in [0.1, 0.15) is 90.4 Å². The van der Waals surface area contributed by atoms with E-state index in [9.17, 15) is 14.7 Å². The molecular formula is C25H40O4. The molecule has 0 unspecified atom stereocenters. The summed E-state index contributed by atoms with van der Waals surface area (Å²) in [7, 11) is 0. The van der Waals surface area contributed by atoms with Crippen LogP contribution in [-0.4, -0.2) is 28.1 Å². The largest absolute Gasteiger partial charge is 0.481 e. The van der Waals surface area contributed by atoms with Crippen LogP contribution in [0.5, 0.6) is 0 Å². The third-order valence-corrected chi connectivity index (χ3v) is 5.58. The highest BCUT2D eigenvalue weighted by molar-refractivity contribution is 5.83. The lowest BCUT2D eigenvalue weighted by Gasteiger charge is -2.15. The van der Waals surface area contributed by atoms with Gasteiger partial charge < -0.3 is 10.2 Å². The molecule has 0 amide bonds. The zero-order valence-corrected chi connectivity index (χ0v) is 18.1. The van der Waals surface area contributed by atoms with E-state index in [4.69, 9.17) is 5.11 Å². The summed E-state index contributed by atoms with van der Waals surface area (Å²) < 4.78 is 0. The molecule has 29 heavy (non-hydrogen) atoms. The van der Waals surface area contributed by atoms with Crippen LogP contribution in [0.15, 0.2) is 36.5 Å². The highest BCUT2D eigenvalue weighted by Gasteiger charge is 2.32. The Bertz CT molecular complexity index is 547. The maximum Gasteiger partial charge on any atom is 0.303 e. The van der Waals surface area contributed by atoms with Crippen LogP contribution in [0.25, 0.3) is 0 Å². The number of hydrogen-bond donors (Lipinski definition) is 2. The van der Waals surface area contributed by atoms with Gasteiger partial charge in [-0.25, -0.2) is 0 Å². The quantitative estimate of drug-likeness (QED) is 0.244. The van der Waals surface area contributed by atoms with E-state index in [1.165, 1.54) is 0 Å². The molecule has 164 valence electrons. The fourth-order valence-electron chi connectivity index (χ4n) is 3.84. The zero-order valence-electron chi connectivity index (χ0n) is 18.1. The number of aliphatic carboxylic acids is 1. The van der Waals surface area contributed by atoms with E-state index in [2.05, 4.69) is 25.2 Å². The van der Waals surface area contributed by atoms with Gasteiger partial charge in [-0.3, -0.25) is 9.59 Å². The lowest BCUT2D eigenvalue weighted by atomic mass is 9.89. The van der Waals surface area contributed by atoms with Crippen LogP contribution in [-0.2, 0) is 9.59 Å². The molecule has 1 aliphatic carbocycles. The van der Waals surface area contributed by atoms with Gasteiger partial charge in [-0.1, -0.05) is 62.6 Å². The first-order valence-corrected chi connectivity index (χ1v) is 11.5. The van der Waals surface area contributed by atoms with Gasteiger partial charge in [0.25, 0.3) is 0 Å². The molecule has 1 rings (SSSR count). The Balaban J connectivity index is 2.20. The van der Waals surface area contributed by atoms with Crippen LogP contribution in [0, 0.1) is 11.8 Å². The number of rotatable bonds is 16. The van der Waals surface area contributed by atoms with Gasteiger partial charge in [0.05, 0.1) is 6.10 Å². The number of aliphatic hydroxyl groups is 1. The van der Waals surface area contributed by atoms with Gasteiger partial charge in [-0.05, 0) is 57.3 Å². The van der Waals surface area contributed by atoms with Crippen LogP contribution in [0.2, 0.25) is 0 Å². The molecule has 0 aliphatic heterocycles. The molecule has 0 aromatic carbocycles. The minimum absolute atomic E-state index is 0.125. The molecule has 1 fully saturated rings. The highest BCUT2D eigenvalue weighted by atomic mass is 16.4. The smallest absolute Gasteiger partial charge is 0.303 e. The molecule has 0 heterocycles. The molecule has 4 nitrogen and oxygen atoms in total. The zero-order chi connectivity index (χ0) is 21.3. The lowest BCUT2D eigenvalue weighted by molar-refractivity contribution is -0.136. The van der Waals surface area contributed by atoms with Crippen molar-refractivity contribution in [1.29, 1.82) is 0 Å². The average Bonchev–Trinajstić information content (AvgIpc) is 3.04. The van der Waals surface area contributed by atoms with Crippen LogP contribution >= 0.6 is 0 Å². The molecule has 4 heteroatoms. The number of carboxylic acid groups (broad SMARTS) is 1. The molecule has 0 aromatic heterocycles. The Morgan fingerprint density at radius 2 is 1.76 bits per heavy atom. The first-order valence-electron chi connectivity index (χ1n) is 11.5. The molecule has 1 saturated carbocycles. The number of hydrogen-bond acceptors (Lipinski definition) is 3. The van der Waals surface area contributed by atoms with Crippen molar-refractivity contribution in [2.24, 2.45) is 11.8 Å². The van der Waals surface area contributed by atoms with Crippen LogP contribution < -0.4 is 0 Å². The average molecular weight is 405 g/mol. The van der Waals surface area contributed by atoms with Crippen molar-refractivity contribution in [3.63, 3.8) is 0 Å². The monoisotopic (exact) mass is 404 g/mol. The molecule has 0 radical (unpaired) electrons. The van der Waals surface area contributed by atoms with Gasteiger partial charge in [-0.2, -0.15) is 0 Å². The Morgan fingerprint density at radius 3 is 2.45 bits per heavy atom. The van der Waals surface area contributed by atoms with Crippen LogP contribution in [0.3, 0.4) is 0 Å². The molecule has 0 saturated heterocycles. The predicted octanol–water partition coefficient (Wildman–Crippen LogP) is 6.01. The first-order chi connectivity index (χ1) is 14.0. The highest BCUT2D eigenvalue weighted by Crippen LogP contribution is 2.33. The normalized spacial score (nSPS) is 21.1. The Labute approximate surface area is 176 Å². The predicted molar refractivity (Wildman–Crippen MR) is 119 cm³/mol. The van der Waals surface area contributed by atoms with Crippen molar-refractivity contribution in [2.75, 3.05) is 0 Å². The van der Waals surface area contributed by atoms with Gasteiger partial charge >= 0.3 is 5.97 Å². The van der Waals surface area contributed by atoms with Gasteiger partial charge in [0, 0.05) is 18.8 Å². The molecular weight excluding hydrogens is 364 g/mol. The third kappa shape index (κ3) is 12.5. The molecule has 0 bridgehead atoms. The van der Waals surface area contributed by atoms with Crippen molar-refractivity contribution in [3.8, 4) is 0 Å². The summed E-state index contributed by atoms with van der Waals surface area (Å²) in [5, 5.41) is 18.6. The summed E-state index contributed by atoms with van der Waals surface area (Å²) in [6, 6.07) is 0. The maximum atomic E-state index is 12.2. The molecule has 3 atom stereocenters. The Kier molecular flexibility index (Phi) is 14.1. The minimum atomic E-state index is -0.754. The van der Waals surface area contributed by atoms with E-state index in [1.54, 1.807) is 0 Å². The maximum absolute atomic E-state index is 12.2. The number of carboxylic acids is 1. The van der Waals surface area contributed by atoms with E-state index in [1.807, 2.05) is 18.2 Å². The number of unbranched alkanes of at least 4 members (excludes halogenated alkanes) is 4. The van der Waals surface area contributed by atoms with Gasteiger partial charge in [0.15, 0.2) is 0 Å². The number of allylic oxidation sites excluding steroid dienone is 5. The van der Waals surface area contributed by atoms with Gasteiger partial charge in [0.2, 0.25) is 0 Å². The van der Waals surface area contributed by atoms with Crippen molar-refractivity contribution in [3.05, 3.63) is 36.5 Å². The van der Waals surface area contributed by atoms with Crippen molar-refractivity contribution in [1.82, 2.24) is 0 Å². The van der Waals surface area contributed by atoms with E-state index in [0.717, 1.165) is 64.2 Å². The fraction of sp³-hybridized carbons (Fsp3) is 0.680. The molecule has 0 aromatic rings. The van der Waals surface area contributed by atoms with E-state index in [0.29, 0.717) is 24.5 Å². The summed E-state index contributed by atoms with van der Waals surface area (Å²) in [5.74, 6) is 0.0506. The van der Waals surface area contributed by atoms with Crippen molar-refractivity contribution >= 4 is 11.8 Å². The third-order valence-electron chi connectivity index (χ3n) is 5.58. The second-order valence-corrected chi connectivity index (χ2v) is 8.11. The summed E-state index contributed by atoms with van der Waals surface area (Å²) in [5.41, 5.74) is 0. The van der Waals surface area contributed by atoms with Crippen molar-refractivity contribution in [2.45, 2.75) is 96.5 Å². The number of aliphatic hydroxyl groups excluding tert-OH is 1. The second-order valence-electron chi connectivity index (χ2n) is 8.11. The summed E-state index contributed by atoms with van der Waals surface area (Å²) >= 11 is 0. The van der Waals surface area contributed by atoms with E-state index in [-0.39, 0.29) is 18.4 Å². The number of Topliss-reactive ketones (excluding diaryl/α,β-unsaturated/α-hetero) is 1. The minimum Gasteiger partial charge on any atom is -0.481 e. The molecule has 1 aliphatic rings. The van der Waals surface area contributed by atoms with Gasteiger partial charge in [-0.15, -0.1) is 0 Å². The number of carbonyl (C=O) groups is 2. The fourth-order valence-corrected chi connectivity index (χ4v) is 3.84. The Hall–Kier alpha value is -1.68. The first kappa shape index (κ1) is 25.4. The standard InChI is InChI=1S/C25H40O4/c1-2-3-11-14-22(26)19-17-21-18-20-24(27)23(21)15-12-9-7-5-4-6-8-10-13-16-25(28)29/h5,7-8,10,17,19,21-23,26H,2-4,6,9,11-16,18,20H2,1H3,(H,28,29)/b7-5+,10-8+,19-17+/t21-,22-,23+/m0/s1. The van der Waals surface area contributed by atoms with E-state index < -0.39 is 5.97 Å². The second kappa shape index (κ2) is 16.2. The number of ketones is 1. The summed E-state index contributed by atoms with van der Waals surface area (Å²) in [4.78, 5) is 22.6. The van der Waals surface area contributed by atoms with Gasteiger partial charge in [0.1, 0.15) is 5.78 Å².